The van der Waals surface area contributed by atoms with Gasteiger partial charge < -0.3 is 31.8 Å². The molecule has 0 fully saturated rings. The van der Waals surface area contributed by atoms with Gasteiger partial charge >= 0.3 is 12.1 Å². The number of ether oxygens (including phenoxy) is 2. The van der Waals surface area contributed by atoms with Crippen molar-refractivity contribution in [3.8, 4) is 0 Å². The summed E-state index contributed by atoms with van der Waals surface area (Å²) in [4.78, 5) is 23.2. The van der Waals surface area contributed by atoms with Crippen molar-refractivity contribution < 1.29 is 40.6 Å². The molecule has 0 radical (unpaired) electrons. The standard InChI is InChI=1S/C29H50N2O4.BrH/c1-4-5-6-7-8-9-10-11-12-13-14-15-16-17-20-31-21-18-19-27(25-31)24-30-29(33)35-23-22-34-28(32)26(2)3;/h18-19,21,25-26H,4-17,20,22-24H2,1-3H3;1H. The maximum absolute atomic E-state index is 11.8. The minimum atomic E-state index is -0.507. The first-order chi connectivity index (χ1) is 17.0. The monoisotopic (exact) mass is 570 g/mol. The normalized spacial score (nSPS) is 10.7. The van der Waals surface area contributed by atoms with Crippen molar-refractivity contribution >= 4 is 12.1 Å². The number of rotatable bonds is 21. The number of carbonyl (C=O) groups excluding carboxylic acids is 2. The number of nitrogens with zero attached hydrogens (tertiary/aromatic N) is 1. The number of amides is 1. The van der Waals surface area contributed by atoms with Crippen molar-refractivity contribution in [2.45, 2.75) is 124 Å². The van der Waals surface area contributed by atoms with E-state index in [1.54, 1.807) is 13.8 Å². The number of pyridine rings is 1. The van der Waals surface area contributed by atoms with Crippen LogP contribution in [-0.2, 0) is 27.4 Å². The maximum atomic E-state index is 11.8. The Labute approximate surface area is 230 Å². The first kappa shape index (κ1) is 34.4. The van der Waals surface area contributed by atoms with E-state index in [9.17, 15) is 9.59 Å². The molecule has 1 N–H and O–H groups in total. The molecule has 7 heteroatoms. The van der Waals surface area contributed by atoms with Crippen molar-refractivity contribution in [3.05, 3.63) is 30.1 Å². The summed E-state index contributed by atoms with van der Waals surface area (Å²) < 4.78 is 12.2. The number of nitrogens with one attached hydrogen (secondary N) is 1. The van der Waals surface area contributed by atoms with Crippen LogP contribution in [0.4, 0.5) is 4.79 Å². The van der Waals surface area contributed by atoms with Crippen LogP contribution in [-0.4, -0.2) is 25.3 Å². The second-order valence-corrected chi connectivity index (χ2v) is 9.86. The summed E-state index contributed by atoms with van der Waals surface area (Å²) in [7, 11) is 0. The smallest absolute Gasteiger partial charge is 0.407 e. The highest BCUT2D eigenvalue weighted by atomic mass is 79.9. The van der Waals surface area contributed by atoms with Crippen LogP contribution < -0.4 is 26.9 Å². The van der Waals surface area contributed by atoms with Gasteiger partial charge in [-0.05, 0) is 12.5 Å². The Morgan fingerprint density at radius 3 is 1.92 bits per heavy atom. The van der Waals surface area contributed by atoms with Gasteiger partial charge in [-0.15, -0.1) is 0 Å². The molecule has 1 aromatic heterocycles. The highest BCUT2D eigenvalue weighted by Gasteiger charge is 2.09. The Bertz CT molecular complexity index is 685. The lowest BCUT2D eigenvalue weighted by atomic mass is 10.0. The third-order valence-electron chi connectivity index (χ3n) is 6.16. The quantitative estimate of drug-likeness (QED) is 0.138. The zero-order valence-corrected chi connectivity index (χ0v) is 24.7. The number of aromatic nitrogens is 1. The first-order valence-electron chi connectivity index (χ1n) is 14.1. The van der Waals surface area contributed by atoms with Crippen LogP contribution in [0, 0.1) is 5.92 Å². The van der Waals surface area contributed by atoms with Crippen LogP contribution in [0.5, 0.6) is 0 Å². The lowest BCUT2D eigenvalue weighted by molar-refractivity contribution is -0.697. The van der Waals surface area contributed by atoms with E-state index in [0.717, 1.165) is 12.1 Å². The number of alkyl carbamates (subject to hydrolysis) is 1. The Kier molecular flexibility index (Phi) is 22.7. The fourth-order valence-corrected chi connectivity index (χ4v) is 3.98. The molecule has 0 bridgehead atoms. The molecule has 1 aromatic rings. The van der Waals surface area contributed by atoms with Crippen molar-refractivity contribution in [1.29, 1.82) is 0 Å². The zero-order chi connectivity index (χ0) is 25.6. The lowest BCUT2D eigenvalue weighted by Crippen LogP contribution is -3.00. The number of halogens is 1. The highest BCUT2D eigenvalue weighted by molar-refractivity contribution is 5.71. The molecule has 0 aliphatic rings. The number of hydrogen-bond acceptors (Lipinski definition) is 4. The molecule has 0 spiro atoms. The average molecular weight is 572 g/mol. The zero-order valence-electron chi connectivity index (χ0n) is 23.1. The number of esters is 1. The van der Waals surface area contributed by atoms with E-state index in [2.05, 4.69) is 29.2 Å². The SMILES string of the molecule is CCCCCCCCCCCCCCCC[n+]1cccc(CNC(=O)OCCOC(=O)C(C)C)c1.[Br-]. The molecule has 0 saturated carbocycles. The van der Waals surface area contributed by atoms with Gasteiger partial charge in [0.25, 0.3) is 0 Å². The Balaban J connectivity index is 0.0000122. The number of unbranched alkanes of at least 4 members (excludes halogenated alkanes) is 13. The van der Waals surface area contributed by atoms with Gasteiger partial charge in [-0.1, -0.05) is 97.8 Å². The van der Waals surface area contributed by atoms with Crippen molar-refractivity contribution in [1.82, 2.24) is 5.32 Å². The van der Waals surface area contributed by atoms with E-state index in [-0.39, 0.29) is 42.1 Å². The van der Waals surface area contributed by atoms with Crippen LogP contribution in [0.1, 0.15) is 116 Å². The lowest BCUT2D eigenvalue weighted by Gasteiger charge is -2.09. The molecule has 6 nitrogen and oxygen atoms in total. The molecule has 208 valence electrons. The Hall–Kier alpha value is -1.63. The van der Waals surface area contributed by atoms with Crippen molar-refractivity contribution in [2.24, 2.45) is 5.92 Å². The average Bonchev–Trinajstić information content (AvgIpc) is 2.85. The second-order valence-electron chi connectivity index (χ2n) is 9.86. The molecule has 0 unspecified atom stereocenters. The molecule has 1 rings (SSSR count). The van der Waals surface area contributed by atoms with E-state index in [1.807, 2.05) is 12.1 Å². The summed E-state index contributed by atoms with van der Waals surface area (Å²) in [6.45, 7) is 7.34. The minimum Gasteiger partial charge on any atom is -1.00 e. The van der Waals surface area contributed by atoms with E-state index in [0.29, 0.717) is 6.54 Å². The topological polar surface area (TPSA) is 68.5 Å². The molecule has 36 heavy (non-hydrogen) atoms. The fraction of sp³-hybridized carbons (Fsp3) is 0.759. The van der Waals surface area contributed by atoms with E-state index in [4.69, 9.17) is 9.47 Å². The fourth-order valence-electron chi connectivity index (χ4n) is 3.98. The van der Waals surface area contributed by atoms with Gasteiger partial charge in [0.05, 0.1) is 12.5 Å². The van der Waals surface area contributed by atoms with E-state index >= 15 is 0 Å². The van der Waals surface area contributed by atoms with Gasteiger partial charge in [-0.3, -0.25) is 4.79 Å². The Morgan fingerprint density at radius 1 is 0.833 bits per heavy atom. The van der Waals surface area contributed by atoms with Crippen LogP contribution in [0.25, 0.3) is 0 Å². The van der Waals surface area contributed by atoms with Gasteiger partial charge in [0.1, 0.15) is 19.8 Å². The van der Waals surface area contributed by atoms with E-state index in [1.165, 1.54) is 89.9 Å². The number of aryl methyl sites for hydroxylation is 1. The predicted octanol–water partition coefficient (Wildman–Crippen LogP) is 3.88. The molecule has 1 heterocycles. The third kappa shape index (κ3) is 19.5. The first-order valence-corrected chi connectivity index (χ1v) is 14.1. The minimum absolute atomic E-state index is 0. The molecule has 0 aliphatic heterocycles. The van der Waals surface area contributed by atoms with Gasteiger partial charge in [0.2, 0.25) is 0 Å². The van der Waals surface area contributed by atoms with E-state index < -0.39 is 6.09 Å². The third-order valence-corrected chi connectivity index (χ3v) is 6.16. The van der Waals surface area contributed by atoms with Crippen LogP contribution in [0.3, 0.4) is 0 Å². The second kappa shape index (κ2) is 23.7. The summed E-state index contributed by atoms with van der Waals surface area (Å²) in [5, 5.41) is 2.74. The van der Waals surface area contributed by atoms with Gasteiger partial charge in [-0.2, -0.15) is 0 Å². The highest BCUT2D eigenvalue weighted by Crippen LogP contribution is 2.13. The van der Waals surface area contributed by atoms with Crippen LogP contribution in [0.15, 0.2) is 24.5 Å². The molecule has 0 aromatic carbocycles. The summed E-state index contributed by atoms with van der Waals surface area (Å²) in [5.74, 6) is -0.472. The molecule has 0 atom stereocenters. The maximum Gasteiger partial charge on any atom is 0.407 e. The Morgan fingerprint density at radius 2 is 1.36 bits per heavy atom. The number of hydrogen-bond donors (Lipinski definition) is 1. The molecular weight excluding hydrogens is 520 g/mol. The van der Waals surface area contributed by atoms with Crippen LogP contribution in [0.2, 0.25) is 0 Å². The molecule has 1 amide bonds. The number of carbonyl (C=O) groups is 2. The molecule has 0 saturated heterocycles. The van der Waals surface area contributed by atoms with Crippen molar-refractivity contribution in [2.75, 3.05) is 13.2 Å². The largest absolute Gasteiger partial charge is 1.00 e. The summed E-state index contributed by atoms with van der Waals surface area (Å²) in [5.41, 5.74) is 1.03. The van der Waals surface area contributed by atoms with Crippen molar-refractivity contribution in [3.63, 3.8) is 0 Å². The summed E-state index contributed by atoms with van der Waals surface area (Å²) in [6.07, 6.45) is 22.8. The molecule has 0 aliphatic carbocycles. The van der Waals surface area contributed by atoms with Gasteiger partial charge in [0.15, 0.2) is 12.4 Å². The molecular formula is C29H51BrN2O4. The van der Waals surface area contributed by atoms with Gasteiger partial charge in [0, 0.05) is 18.1 Å². The van der Waals surface area contributed by atoms with Crippen LogP contribution >= 0.6 is 0 Å². The predicted molar refractivity (Wildman–Crippen MR) is 141 cm³/mol. The summed E-state index contributed by atoms with van der Waals surface area (Å²) >= 11 is 0. The summed E-state index contributed by atoms with van der Waals surface area (Å²) in [6, 6.07) is 4.00. The van der Waals surface area contributed by atoms with Gasteiger partial charge in [-0.25, -0.2) is 9.36 Å².